The summed E-state index contributed by atoms with van der Waals surface area (Å²) in [6.07, 6.45) is 7.81. The van der Waals surface area contributed by atoms with Crippen molar-refractivity contribution in [1.29, 1.82) is 0 Å². The van der Waals surface area contributed by atoms with Gasteiger partial charge in [-0.25, -0.2) is 0 Å². The fourth-order valence-corrected chi connectivity index (χ4v) is 4.09. The van der Waals surface area contributed by atoms with E-state index in [9.17, 15) is 0 Å². The Morgan fingerprint density at radius 1 is 0.600 bits per heavy atom. The van der Waals surface area contributed by atoms with Crippen LogP contribution in [0.2, 0.25) is 0 Å². The van der Waals surface area contributed by atoms with Crippen LogP contribution in [0.4, 0.5) is 0 Å². The molecule has 0 heterocycles. The second kappa shape index (κ2) is 8.80. The first-order chi connectivity index (χ1) is 14.7. The second-order valence-electron chi connectivity index (χ2n) is 7.48. The van der Waals surface area contributed by atoms with Crippen LogP contribution in [0.1, 0.15) is 13.8 Å². The molecule has 0 aliphatic heterocycles. The number of rotatable bonds is 2. The maximum Gasteiger partial charge on any atom is -0.00987 e. The normalized spacial score (nSPS) is 11.9. The summed E-state index contributed by atoms with van der Waals surface area (Å²) in [5, 5.41) is 10.6. The van der Waals surface area contributed by atoms with Crippen molar-refractivity contribution in [2.45, 2.75) is 13.8 Å². The summed E-state index contributed by atoms with van der Waals surface area (Å²) in [6.45, 7) is 7.62. The lowest BCUT2D eigenvalue weighted by atomic mass is 9.94. The molecule has 0 aliphatic rings. The molecular weight excluding hydrogens is 360 g/mol. The fraction of sp³-hybridized carbons (Fsp3) is 0.0667. The van der Waals surface area contributed by atoms with E-state index in [4.69, 9.17) is 0 Å². The maximum absolute atomic E-state index is 3.57. The molecule has 5 aromatic carbocycles. The summed E-state index contributed by atoms with van der Waals surface area (Å²) in [6, 6.07) is 30.7. The molecule has 0 heteroatoms. The Kier molecular flexibility index (Phi) is 5.77. The summed E-state index contributed by atoms with van der Waals surface area (Å²) in [4.78, 5) is 0. The summed E-state index contributed by atoms with van der Waals surface area (Å²) < 4.78 is 0. The highest BCUT2D eigenvalue weighted by Crippen LogP contribution is 2.34. The van der Waals surface area contributed by atoms with E-state index in [0.717, 1.165) is 0 Å². The van der Waals surface area contributed by atoms with Crippen molar-refractivity contribution >= 4 is 43.1 Å². The SMILES string of the molecule is C=C/C=C(C)/C=C\C.c1ccc2c(c1)ccc1c2ccc2c3ccccc3ccc21. The summed E-state index contributed by atoms with van der Waals surface area (Å²) >= 11 is 0. The van der Waals surface area contributed by atoms with Gasteiger partial charge in [-0.3, -0.25) is 0 Å². The number of fused-ring (bicyclic) bond motifs is 7. The van der Waals surface area contributed by atoms with Crippen LogP contribution in [0, 0.1) is 0 Å². The predicted molar refractivity (Wildman–Crippen MR) is 135 cm³/mol. The van der Waals surface area contributed by atoms with Gasteiger partial charge in [-0.15, -0.1) is 0 Å². The molecule has 0 atom stereocenters. The summed E-state index contributed by atoms with van der Waals surface area (Å²) in [5.41, 5.74) is 1.24. The Bertz CT molecular complexity index is 1320. The standard InChI is InChI=1S/C22H14.C8H12/c1-3-7-17-15(5-1)9-11-21-19(17)13-14-20-18-8-4-2-6-16(18)10-12-22(20)21;1-4-6-8(3)7-5-2/h1-14H;4-7H,1H2,2-3H3/b;7-5-,8-6+. The Morgan fingerprint density at radius 2 is 1.03 bits per heavy atom. The van der Waals surface area contributed by atoms with Gasteiger partial charge in [-0.05, 0) is 56.9 Å². The van der Waals surface area contributed by atoms with Crippen LogP contribution >= 0.6 is 0 Å². The molecule has 0 unspecified atom stereocenters. The molecule has 0 saturated heterocycles. The van der Waals surface area contributed by atoms with Crippen LogP contribution in [0.15, 0.2) is 121 Å². The van der Waals surface area contributed by atoms with Crippen molar-refractivity contribution in [3.05, 3.63) is 121 Å². The molecule has 0 N–H and O–H groups in total. The van der Waals surface area contributed by atoms with Crippen LogP contribution < -0.4 is 0 Å². The third kappa shape index (κ3) is 3.77. The number of hydrogen-bond acceptors (Lipinski definition) is 0. The molecule has 0 fully saturated rings. The molecule has 0 nitrogen and oxygen atoms in total. The van der Waals surface area contributed by atoms with Crippen LogP contribution in [0.5, 0.6) is 0 Å². The van der Waals surface area contributed by atoms with Gasteiger partial charge < -0.3 is 0 Å². The zero-order valence-electron chi connectivity index (χ0n) is 17.6. The van der Waals surface area contributed by atoms with Crippen LogP contribution in [-0.4, -0.2) is 0 Å². The Labute approximate surface area is 178 Å². The largest absolute Gasteiger partial charge is 0.0991 e. The average Bonchev–Trinajstić information content (AvgIpc) is 2.79. The van der Waals surface area contributed by atoms with Crippen LogP contribution in [0.3, 0.4) is 0 Å². The van der Waals surface area contributed by atoms with E-state index in [1.807, 2.05) is 32.1 Å². The lowest BCUT2D eigenvalue weighted by Gasteiger charge is -2.09. The van der Waals surface area contributed by atoms with Crippen molar-refractivity contribution in [3.8, 4) is 0 Å². The van der Waals surface area contributed by atoms with E-state index in [1.165, 1.54) is 48.7 Å². The third-order valence-electron chi connectivity index (χ3n) is 5.46. The molecule has 0 saturated carbocycles. The van der Waals surface area contributed by atoms with E-state index in [0.29, 0.717) is 0 Å². The van der Waals surface area contributed by atoms with Crippen molar-refractivity contribution < 1.29 is 0 Å². The van der Waals surface area contributed by atoms with Crippen LogP contribution in [-0.2, 0) is 0 Å². The zero-order chi connectivity index (χ0) is 20.9. The van der Waals surface area contributed by atoms with Gasteiger partial charge >= 0.3 is 0 Å². The molecule has 0 aromatic heterocycles. The lowest BCUT2D eigenvalue weighted by molar-refractivity contribution is 1.51. The van der Waals surface area contributed by atoms with Gasteiger partial charge in [0, 0.05) is 0 Å². The summed E-state index contributed by atoms with van der Waals surface area (Å²) in [7, 11) is 0. The molecule has 146 valence electrons. The van der Waals surface area contributed by atoms with E-state index in [1.54, 1.807) is 6.08 Å². The Hall–Kier alpha value is -3.64. The first kappa shape index (κ1) is 19.7. The number of benzene rings is 5. The van der Waals surface area contributed by atoms with E-state index < -0.39 is 0 Å². The highest BCUT2D eigenvalue weighted by atomic mass is 14.1. The smallest absolute Gasteiger partial charge is 0.00987 e. The lowest BCUT2D eigenvalue weighted by Crippen LogP contribution is -1.82. The first-order valence-corrected chi connectivity index (χ1v) is 10.4. The number of allylic oxidation sites excluding steroid dienone is 5. The molecule has 0 amide bonds. The third-order valence-corrected chi connectivity index (χ3v) is 5.46. The fourth-order valence-electron chi connectivity index (χ4n) is 4.09. The maximum atomic E-state index is 3.57. The topological polar surface area (TPSA) is 0 Å². The monoisotopic (exact) mass is 386 g/mol. The zero-order valence-corrected chi connectivity index (χ0v) is 17.6. The van der Waals surface area contributed by atoms with Crippen LogP contribution in [0.25, 0.3) is 43.1 Å². The van der Waals surface area contributed by atoms with E-state index in [2.05, 4.69) is 91.5 Å². The number of hydrogen-bond donors (Lipinski definition) is 0. The molecule has 0 spiro atoms. The molecule has 0 aliphatic carbocycles. The molecular formula is C30H26. The Morgan fingerprint density at radius 3 is 1.50 bits per heavy atom. The highest BCUT2D eigenvalue weighted by molar-refractivity contribution is 6.22. The first-order valence-electron chi connectivity index (χ1n) is 10.4. The molecule has 5 aromatic rings. The van der Waals surface area contributed by atoms with Gasteiger partial charge in [-0.2, -0.15) is 0 Å². The van der Waals surface area contributed by atoms with Crippen molar-refractivity contribution in [2.24, 2.45) is 0 Å². The van der Waals surface area contributed by atoms with Crippen molar-refractivity contribution in [1.82, 2.24) is 0 Å². The van der Waals surface area contributed by atoms with Crippen molar-refractivity contribution in [3.63, 3.8) is 0 Å². The highest BCUT2D eigenvalue weighted by Gasteiger charge is 2.06. The van der Waals surface area contributed by atoms with Gasteiger partial charge in [0.05, 0.1) is 0 Å². The molecule has 5 rings (SSSR count). The minimum absolute atomic E-state index is 1.24. The van der Waals surface area contributed by atoms with Gasteiger partial charge in [0.25, 0.3) is 0 Å². The van der Waals surface area contributed by atoms with Gasteiger partial charge in [0.2, 0.25) is 0 Å². The van der Waals surface area contributed by atoms with Crippen molar-refractivity contribution in [2.75, 3.05) is 0 Å². The second-order valence-corrected chi connectivity index (χ2v) is 7.48. The molecule has 0 radical (unpaired) electrons. The van der Waals surface area contributed by atoms with Gasteiger partial charge in [-0.1, -0.05) is 121 Å². The van der Waals surface area contributed by atoms with E-state index in [-0.39, 0.29) is 0 Å². The molecule has 30 heavy (non-hydrogen) atoms. The average molecular weight is 387 g/mol. The quantitative estimate of drug-likeness (QED) is 0.210. The minimum atomic E-state index is 1.24. The van der Waals surface area contributed by atoms with Gasteiger partial charge in [0.1, 0.15) is 0 Å². The van der Waals surface area contributed by atoms with Gasteiger partial charge in [0.15, 0.2) is 0 Å². The Balaban J connectivity index is 0.000000235. The summed E-state index contributed by atoms with van der Waals surface area (Å²) in [5.74, 6) is 0. The van der Waals surface area contributed by atoms with E-state index >= 15 is 0 Å². The predicted octanol–water partition coefficient (Wildman–Crippen LogP) is 8.99. The molecule has 0 bridgehead atoms. The minimum Gasteiger partial charge on any atom is -0.0991 e.